The first-order valence-corrected chi connectivity index (χ1v) is 9.01. The molecule has 2 aromatic carbocycles. The van der Waals surface area contributed by atoms with Crippen LogP contribution in [0.1, 0.15) is 12.0 Å². The lowest BCUT2D eigenvalue weighted by molar-refractivity contribution is -0.0498. The van der Waals surface area contributed by atoms with Crippen LogP contribution >= 0.6 is 0 Å². The van der Waals surface area contributed by atoms with E-state index in [0.29, 0.717) is 0 Å². The Hall–Kier alpha value is -2.73. The molecule has 0 amide bonds. The Balaban J connectivity index is 1.44. The molecule has 1 unspecified atom stereocenters. The number of anilines is 1. The second kappa shape index (κ2) is 7.88. The van der Waals surface area contributed by atoms with Crippen LogP contribution in [0.2, 0.25) is 0 Å². The summed E-state index contributed by atoms with van der Waals surface area (Å²) in [7, 11) is 0. The number of alkyl halides is 2. The van der Waals surface area contributed by atoms with Crippen LogP contribution in [0, 0.1) is 0 Å². The molecule has 27 heavy (non-hydrogen) atoms. The van der Waals surface area contributed by atoms with Gasteiger partial charge >= 0.3 is 6.61 Å². The first-order valence-electron chi connectivity index (χ1n) is 9.01. The average Bonchev–Trinajstić information content (AvgIpc) is 2.68. The zero-order valence-corrected chi connectivity index (χ0v) is 14.8. The molecule has 2 aliphatic heterocycles. The topological polar surface area (TPSA) is 28.1 Å². The van der Waals surface area contributed by atoms with Gasteiger partial charge in [0.25, 0.3) is 0 Å². The van der Waals surface area contributed by atoms with Crippen molar-refractivity contribution >= 4 is 12.0 Å². The molecular weight excluding hydrogens is 348 g/mol. The molecule has 6 heteroatoms. The molecular formula is C21H21F2N3O. The van der Waals surface area contributed by atoms with E-state index < -0.39 is 6.61 Å². The van der Waals surface area contributed by atoms with Gasteiger partial charge in [-0.3, -0.25) is 4.90 Å². The lowest BCUT2D eigenvalue weighted by Crippen LogP contribution is -2.47. The molecule has 0 spiro atoms. The first kappa shape index (κ1) is 17.7. The fourth-order valence-electron chi connectivity index (χ4n) is 3.68. The standard InChI is InChI=1S/C21H21F2N3O/c22-21(23)27-19-8-6-18(7-9-19)26-15-24-12-17-14-25(11-10-20(17)26)13-16-4-2-1-3-5-16/h1-9,12,15,20-21H,10-11,13-14H2. The summed E-state index contributed by atoms with van der Waals surface area (Å²) in [4.78, 5) is 8.93. The number of piperidine rings is 1. The molecule has 0 radical (unpaired) electrons. The summed E-state index contributed by atoms with van der Waals surface area (Å²) >= 11 is 0. The predicted molar refractivity (Wildman–Crippen MR) is 102 cm³/mol. The van der Waals surface area contributed by atoms with Crippen LogP contribution in [0.25, 0.3) is 0 Å². The minimum atomic E-state index is -2.81. The van der Waals surface area contributed by atoms with Gasteiger partial charge in [0, 0.05) is 31.5 Å². The third-order valence-corrected chi connectivity index (χ3v) is 4.93. The average molecular weight is 369 g/mol. The highest BCUT2D eigenvalue weighted by atomic mass is 19.3. The normalized spacial score (nSPS) is 19.7. The van der Waals surface area contributed by atoms with Gasteiger partial charge in [-0.05, 0) is 41.8 Å². The van der Waals surface area contributed by atoms with Gasteiger partial charge in [-0.2, -0.15) is 8.78 Å². The highest BCUT2D eigenvalue weighted by Crippen LogP contribution is 2.30. The summed E-state index contributed by atoms with van der Waals surface area (Å²) in [6, 6.07) is 17.4. The molecule has 0 bridgehead atoms. The number of rotatable bonds is 5. The number of halogens is 2. The minimum absolute atomic E-state index is 0.163. The number of fused-ring (bicyclic) bond motifs is 1. The largest absolute Gasteiger partial charge is 0.435 e. The summed E-state index contributed by atoms with van der Waals surface area (Å²) in [6.45, 7) is -0.0156. The van der Waals surface area contributed by atoms with E-state index in [4.69, 9.17) is 0 Å². The van der Waals surface area contributed by atoms with E-state index in [2.05, 4.69) is 43.8 Å². The Morgan fingerprint density at radius 2 is 1.85 bits per heavy atom. The van der Waals surface area contributed by atoms with Crippen molar-refractivity contribution in [3.63, 3.8) is 0 Å². The molecule has 0 saturated carbocycles. The smallest absolute Gasteiger partial charge is 0.387 e. The number of hydrogen-bond donors (Lipinski definition) is 0. The predicted octanol–water partition coefficient (Wildman–Crippen LogP) is 4.29. The molecule has 2 aromatic rings. The number of likely N-dealkylation sites (tertiary alicyclic amines) is 1. The lowest BCUT2D eigenvalue weighted by Gasteiger charge is -2.41. The van der Waals surface area contributed by atoms with E-state index >= 15 is 0 Å². The van der Waals surface area contributed by atoms with Crippen molar-refractivity contribution in [3.05, 3.63) is 71.9 Å². The van der Waals surface area contributed by atoms with Crippen LogP contribution in [-0.2, 0) is 6.54 Å². The zero-order valence-electron chi connectivity index (χ0n) is 14.8. The van der Waals surface area contributed by atoms with Crippen LogP contribution in [0.15, 0.2) is 71.4 Å². The Morgan fingerprint density at radius 3 is 2.59 bits per heavy atom. The number of ether oxygens (including phenoxy) is 1. The van der Waals surface area contributed by atoms with Crippen molar-refractivity contribution in [2.24, 2.45) is 4.99 Å². The highest BCUT2D eigenvalue weighted by Gasteiger charge is 2.30. The molecule has 140 valence electrons. The molecule has 0 aromatic heterocycles. The summed E-state index contributed by atoms with van der Waals surface area (Å²) < 4.78 is 29.1. The van der Waals surface area contributed by atoms with E-state index in [-0.39, 0.29) is 11.8 Å². The third-order valence-electron chi connectivity index (χ3n) is 4.93. The first-order chi connectivity index (χ1) is 13.2. The SMILES string of the molecule is FC(F)Oc1ccc(N2C=NC=C3CN(Cc4ccccc4)CCC32)cc1. The number of nitrogens with zero attached hydrogens (tertiary/aromatic N) is 3. The van der Waals surface area contributed by atoms with E-state index in [1.165, 1.54) is 11.1 Å². The molecule has 2 heterocycles. The van der Waals surface area contributed by atoms with Crippen LogP contribution in [-0.4, -0.2) is 37.0 Å². The number of hydrogen-bond acceptors (Lipinski definition) is 4. The van der Waals surface area contributed by atoms with Crippen molar-refractivity contribution in [3.8, 4) is 5.75 Å². The van der Waals surface area contributed by atoms with E-state index in [0.717, 1.165) is 31.7 Å². The molecule has 1 saturated heterocycles. The third kappa shape index (κ3) is 4.17. The molecule has 1 fully saturated rings. The van der Waals surface area contributed by atoms with Gasteiger partial charge in [-0.15, -0.1) is 0 Å². The Labute approximate surface area is 157 Å². The fraction of sp³-hybridized carbons (Fsp3) is 0.286. The van der Waals surface area contributed by atoms with Crippen molar-refractivity contribution in [1.82, 2.24) is 4.90 Å². The summed E-state index contributed by atoms with van der Waals surface area (Å²) in [5.41, 5.74) is 3.50. The summed E-state index contributed by atoms with van der Waals surface area (Å²) in [5, 5.41) is 0. The highest BCUT2D eigenvalue weighted by molar-refractivity contribution is 5.82. The Kier molecular flexibility index (Phi) is 5.16. The van der Waals surface area contributed by atoms with Crippen molar-refractivity contribution in [2.45, 2.75) is 25.6 Å². The van der Waals surface area contributed by atoms with Crippen molar-refractivity contribution in [2.75, 3.05) is 18.0 Å². The van der Waals surface area contributed by atoms with Crippen LogP contribution < -0.4 is 9.64 Å². The van der Waals surface area contributed by atoms with Crippen LogP contribution in [0.4, 0.5) is 14.5 Å². The van der Waals surface area contributed by atoms with E-state index in [1.54, 1.807) is 24.3 Å². The molecule has 2 aliphatic rings. The zero-order chi connectivity index (χ0) is 18.6. The van der Waals surface area contributed by atoms with Crippen molar-refractivity contribution in [1.29, 1.82) is 0 Å². The van der Waals surface area contributed by atoms with Gasteiger partial charge in [0.05, 0.1) is 12.4 Å². The van der Waals surface area contributed by atoms with Gasteiger partial charge in [0.1, 0.15) is 5.75 Å². The number of aliphatic imine (C=N–C) groups is 1. The molecule has 0 N–H and O–H groups in total. The summed E-state index contributed by atoms with van der Waals surface area (Å²) in [5.74, 6) is 0.163. The Morgan fingerprint density at radius 1 is 1.07 bits per heavy atom. The monoisotopic (exact) mass is 369 g/mol. The quantitative estimate of drug-likeness (QED) is 0.787. The van der Waals surface area contributed by atoms with E-state index in [1.807, 2.05) is 18.6 Å². The lowest BCUT2D eigenvalue weighted by atomic mass is 9.96. The molecule has 4 nitrogen and oxygen atoms in total. The minimum Gasteiger partial charge on any atom is -0.435 e. The van der Waals surface area contributed by atoms with Gasteiger partial charge in [0.2, 0.25) is 0 Å². The molecule has 1 atom stereocenters. The van der Waals surface area contributed by atoms with Crippen molar-refractivity contribution < 1.29 is 13.5 Å². The maximum Gasteiger partial charge on any atom is 0.387 e. The van der Waals surface area contributed by atoms with E-state index in [9.17, 15) is 8.78 Å². The Bertz CT molecular complexity index is 821. The van der Waals surface area contributed by atoms with Gasteiger partial charge < -0.3 is 9.64 Å². The van der Waals surface area contributed by atoms with Gasteiger partial charge in [-0.25, -0.2) is 4.99 Å². The molecule has 0 aliphatic carbocycles. The maximum absolute atomic E-state index is 12.3. The van der Waals surface area contributed by atoms with Gasteiger partial charge in [-0.1, -0.05) is 30.3 Å². The summed E-state index contributed by atoms with van der Waals surface area (Å²) in [6.07, 6.45) is 4.75. The second-order valence-electron chi connectivity index (χ2n) is 6.75. The van der Waals surface area contributed by atoms with Crippen LogP contribution in [0.3, 0.4) is 0 Å². The fourth-order valence-corrected chi connectivity index (χ4v) is 3.68. The maximum atomic E-state index is 12.3. The molecule has 4 rings (SSSR count). The number of benzene rings is 2. The second-order valence-corrected chi connectivity index (χ2v) is 6.75. The van der Waals surface area contributed by atoms with Crippen LogP contribution in [0.5, 0.6) is 5.75 Å². The van der Waals surface area contributed by atoms with Gasteiger partial charge in [0.15, 0.2) is 0 Å².